The number of H-pyrrole nitrogens is 1. The molecule has 0 spiro atoms. The lowest BCUT2D eigenvalue weighted by molar-refractivity contribution is -0.137. The molecular weight excluding hydrogens is 625 g/mol. The van der Waals surface area contributed by atoms with Crippen molar-refractivity contribution in [1.82, 2.24) is 20.1 Å². The number of nitrogens with one attached hydrogen (secondary N) is 1. The van der Waals surface area contributed by atoms with Gasteiger partial charge in [-0.05, 0) is 24.3 Å². The number of ether oxygens (including phenoxy) is 1. The Bertz CT molecular complexity index is 2010. The van der Waals surface area contributed by atoms with Crippen LogP contribution in [-0.2, 0) is 26.4 Å². The first-order chi connectivity index (χ1) is 21.7. The van der Waals surface area contributed by atoms with Gasteiger partial charge in [0, 0.05) is 24.1 Å². The third-order valence-electron chi connectivity index (χ3n) is 7.04. The number of morpholine rings is 1. The molecule has 0 atom stereocenters. The molecule has 4 heterocycles. The van der Waals surface area contributed by atoms with Gasteiger partial charge in [-0.25, -0.2) is 9.97 Å². The molecule has 46 heavy (non-hydrogen) atoms. The van der Waals surface area contributed by atoms with Crippen LogP contribution in [0.2, 0.25) is 0 Å². The number of rotatable bonds is 4. The summed E-state index contributed by atoms with van der Waals surface area (Å²) in [6.45, 7) is 7.70. The molecule has 3 aromatic heterocycles. The number of fused-ring (bicyclic) bond motifs is 1. The standard InChI is InChI=1S/C25H23F3N6O2.C6H6O3S/c1-24(2,3)21-15(13-29)20(36-33-21)22-30-18-12-17(14-6-4-5-7-16(14)25(26,27)28)31-23(19(18)32-22)34-8-10-35-11-9-34;7-10(8,9)6-4-2-1-3-5-6/h4-7,12H,8-11H2,1-3H3,(H,30,32);1-5H,(H,7,8,9). The maximum atomic E-state index is 13.8. The van der Waals surface area contributed by atoms with E-state index < -0.39 is 27.3 Å². The number of halogens is 3. The number of hydrogen-bond acceptors (Lipinski definition) is 9. The summed E-state index contributed by atoms with van der Waals surface area (Å²) in [5.41, 5.74) is 0.549. The summed E-state index contributed by atoms with van der Waals surface area (Å²) in [6, 6.07) is 16.4. The zero-order chi connectivity index (χ0) is 33.3. The van der Waals surface area contributed by atoms with E-state index in [1.54, 1.807) is 24.3 Å². The van der Waals surface area contributed by atoms with E-state index in [0.717, 1.165) is 6.07 Å². The van der Waals surface area contributed by atoms with Crippen molar-refractivity contribution in [2.24, 2.45) is 0 Å². The second-order valence-electron chi connectivity index (χ2n) is 11.3. The minimum Gasteiger partial charge on any atom is -0.378 e. The Morgan fingerprint density at radius 3 is 2.24 bits per heavy atom. The quantitative estimate of drug-likeness (QED) is 0.213. The van der Waals surface area contributed by atoms with Gasteiger partial charge in [0.2, 0.25) is 5.76 Å². The molecule has 0 bridgehead atoms. The number of pyridine rings is 1. The molecule has 1 saturated heterocycles. The number of nitriles is 1. The topological polar surface area (TPSA) is 158 Å². The van der Waals surface area contributed by atoms with Crippen molar-refractivity contribution in [2.75, 3.05) is 31.2 Å². The summed E-state index contributed by atoms with van der Waals surface area (Å²) >= 11 is 0. The van der Waals surface area contributed by atoms with E-state index in [-0.39, 0.29) is 33.3 Å². The molecule has 1 aliphatic heterocycles. The average Bonchev–Trinajstić information content (AvgIpc) is 3.65. The van der Waals surface area contributed by atoms with Crippen molar-refractivity contribution in [2.45, 2.75) is 37.3 Å². The lowest BCUT2D eigenvalue weighted by Gasteiger charge is -2.28. The highest BCUT2D eigenvalue weighted by molar-refractivity contribution is 7.85. The van der Waals surface area contributed by atoms with E-state index in [0.29, 0.717) is 48.8 Å². The maximum Gasteiger partial charge on any atom is 0.417 e. The van der Waals surface area contributed by atoms with Gasteiger partial charge in [0.1, 0.15) is 22.8 Å². The van der Waals surface area contributed by atoms with Crippen LogP contribution in [0.4, 0.5) is 19.0 Å². The molecule has 2 aromatic carbocycles. The van der Waals surface area contributed by atoms with E-state index in [2.05, 4.69) is 26.2 Å². The number of imidazole rings is 1. The first-order valence-electron chi connectivity index (χ1n) is 14.0. The predicted molar refractivity (Wildman–Crippen MR) is 163 cm³/mol. The monoisotopic (exact) mass is 654 g/mol. The second kappa shape index (κ2) is 12.5. The van der Waals surface area contributed by atoms with E-state index in [9.17, 15) is 26.9 Å². The van der Waals surface area contributed by atoms with Crippen LogP contribution in [0.5, 0.6) is 0 Å². The van der Waals surface area contributed by atoms with Crippen LogP contribution in [-0.4, -0.2) is 59.4 Å². The maximum absolute atomic E-state index is 13.8. The minimum atomic E-state index is -4.55. The third-order valence-corrected chi connectivity index (χ3v) is 7.91. The Balaban J connectivity index is 0.000000356. The molecule has 0 aliphatic carbocycles. The fourth-order valence-electron chi connectivity index (χ4n) is 4.86. The first kappa shape index (κ1) is 32.6. The largest absolute Gasteiger partial charge is 0.417 e. The van der Waals surface area contributed by atoms with Crippen molar-refractivity contribution in [3.05, 3.63) is 77.5 Å². The second-order valence-corrected chi connectivity index (χ2v) is 12.8. The summed E-state index contributed by atoms with van der Waals surface area (Å²) in [5.74, 6) is 0.876. The highest BCUT2D eigenvalue weighted by Crippen LogP contribution is 2.39. The summed E-state index contributed by atoms with van der Waals surface area (Å²) in [6.07, 6.45) is -4.55. The van der Waals surface area contributed by atoms with Crippen LogP contribution < -0.4 is 4.90 Å². The fraction of sp³-hybridized carbons (Fsp3) is 0.290. The molecule has 11 nitrogen and oxygen atoms in total. The normalized spacial score (nSPS) is 14.1. The molecule has 0 amide bonds. The van der Waals surface area contributed by atoms with Gasteiger partial charge in [0.25, 0.3) is 10.1 Å². The number of aromatic amines is 1. The fourth-order valence-corrected chi connectivity index (χ4v) is 5.36. The molecule has 2 N–H and O–H groups in total. The number of hydrogen-bond donors (Lipinski definition) is 2. The van der Waals surface area contributed by atoms with Gasteiger partial charge >= 0.3 is 6.18 Å². The van der Waals surface area contributed by atoms with Gasteiger partial charge in [-0.3, -0.25) is 4.55 Å². The zero-order valence-corrected chi connectivity index (χ0v) is 25.8. The van der Waals surface area contributed by atoms with Crippen LogP contribution >= 0.6 is 0 Å². The highest BCUT2D eigenvalue weighted by Gasteiger charge is 2.34. The van der Waals surface area contributed by atoms with Crippen molar-refractivity contribution < 1.29 is 35.4 Å². The molecule has 0 saturated carbocycles. The number of nitrogens with zero attached hydrogens (tertiary/aromatic N) is 5. The lowest BCUT2D eigenvalue weighted by atomic mass is 9.89. The van der Waals surface area contributed by atoms with Crippen LogP contribution in [0.1, 0.15) is 37.6 Å². The molecule has 0 unspecified atom stereocenters. The van der Waals surface area contributed by atoms with E-state index in [4.69, 9.17) is 13.8 Å². The summed E-state index contributed by atoms with van der Waals surface area (Å²) < 4.78 is 81.6. The van der Waals surface area contributed by atoms with E-state index in [1.165, 1.54) is 30.3 Å². The third kappa shape index (κ3) is 6.89. The van der Waals surface area contributed by atoms with Crippen LogP contribution in [0.3, 0.4) is 0 Å². The minimum absolute atomic E-state index is 0.0432. The van der Waals surface area contributed by atoms with Crippen molar-refractivity contribution in [3.63, 3.8) is 0 Å². The summed E-state index contributed by atoms with van der Waals surface area (Å²) in [4.78, 5) is 14.3. The Kier molecular flexibility index (Phi) is 8.89. The summed E-state index contributed by atoms with van der Waals surface area (Å²) in [5, 5.41) is 13.9. The molecular formula is C31H29F3N6O5S. The Morgan fingerprint density at radius 1 is 1.00 bits per heavy atom. The molecule has 240 valence electrons. The predicted octanol–water partition coefficient (Wildman–Crippen LogP) is 6.24. The van der Waals surface area contributed by atoms with Crippen molar-refractivity contribution in [3.8, 4) is 28.9 Å². The summed E-state index contributed by atoms with van der Waals surface area (Å²) in [7, 11) is -4.00. The molecule has 1 aliphatic rings. The van der Waals surface area contributed by atoms with Crippen molar-refractivity contribution >= 4 is 27.0 Å². The van der Waals surface area contributed by atoms with E-state index in [1.807, 2.05) is 25.7 Å². The highest BCUT2D eigenvalue weighted by atomic mass is 32.2. The molecule has 15 heteroatoms. The molecule has 1 fully saturated rings. The Morgan fingerprint density at radius 2 is 1.65 bits per heavy atom. The van der Waals surface area contributed by atoms with Gasteiger partial charge in [0.05, 0.1) is 34.9 Å². The van der Waals surface area contributed by atoms with Gasteiger partial charge in [-0.15, -0.1) is 0 Å². The number of benzene rings is 2. The van der Waals surface area contributed by atoms with Gasteiger partial charge in [-0.2, -0.15) is 26.9 Å². The SMILES string of the molecule is CC(C)(C)c1noc(-c2nc3cc(-c4ccccc4C(F)(F)F)nc(N4CCOCC4)c3[nH]2)c1C#N.O=S(=O)(O)c1ccccc1. The number of alkyl halides is 3. The lowest BCUT2D eigenvalue weighted by Crippen LogP contribution is -2.37. The van der Waals surface area contributed by atoms with Gasteiger partial charge in [0.15, 0.2) is 11.6 Å². The smallest absolute Gasteiger partial charge is 0.378 e. The Hall–Kier alpha value is -4.78. The van der Waals surface area contributed by atoms with E-state index >= 15 is 0 Å². The van der Waals surface area contributed by atoms with Crippen LogP contribution in [0.15, 0.2) is 70.1 Å². The van der Waals surface area contributed by atoms with Gasteiger partial charge in [-0.1, -0.05) is 62.3 Å². The van der Waals surface area contributed by atoms with Gasteiger partial charge < -0.3 is 19.1 Å². The Labute approximate surface area is 262 Å². The molecule has 6 rings (SSSR count). The molecule has 5 aromatic rings. The average molecular weight is 655 g/mol. The number of anilines is 1. The van der Waals surface area contributed by atoms with Crippen LogP contribution in [0, 0.1) is 11.3 Å². The van der Waals surface area contributed by atoms with Crippen molar-refractivity contribution in [1.29, 1.82) is 5.26 Å². The zero-order valence-electron chi connectivity index (χ0n) is 25.0. The number of aromatic nitrogens is 4. The first-order valence-corrected chi connectivity index (χ1v) is 15.5. The van der Waals surface area contributed by atoms with Crippen LogP contribution in [0.25, 0.3) is 33.9 Å². The molecule has 0 radical (unpaired) electrons.